The van der Waals surface area contributed by atoms with Crippen molar-refractivity contribution in [1.82, 2.24) is 4.98 Å². The fourth-order valence-corrected chi connectivity index (χ4v) is 1.55. The SMILES string of the molecule is CS(=O)(=O)Oc1coc(-c2ccccc2)n1. The van der Waals surface area contributed by atoms with Gasteiger partial charge < -0.3 is 8.60 Å². The van der Waals surface area contributed by atoms with Crippen molar-refractivity contribution in [3.8, 4) is 17.3 Å². The van der Waals surface area contributed by atoms with Crippen molar-refractivity contribution in [1.29, 1.82) is 0 Å². The van der Waals surface area contributed by atoms with Gasteiger partial charge in [0.2, 0.25) is 5.89 Å². The molecule has 0 amide bonds. The molecule has 5 nitrogen and oxygen atoms in total. The topological polar surface area (TPSA) is 69.4 Å². The van der Waals surface area contributed by atoms with E-state index in [9.17, 15) is 8.42 Å². The van der Waals surface area contributed by atoms with Gasteiger partial charge in [-0.05, 0) is 12.1 Å². The highest BCUT2D eigenvalue weighted by Gasteiger charge is 2.11. The number of nitrogens with zero attached hydrogens (tertiary/aromatic N) is 1. The predicted octanol–water partition coefficient (Wildman–Crippen LogP) is 1.68. The molecule has 16 heavy (non-hydrogen) atoms. The number of hydrogen-bond donors (Lipinski definition) is 0. The lowest BCUT2D eigenvalue weighted by Gasteiger charge is -1.95. The van der Waals surface area contributed by atoms with Gasteiger partial charge >= 0.3 is 10.1 Å². The molecule has 1 aromatic carbocycles. The second-order valence-corrected chi connectivity index (χ2v) is 4.72. The summed E-state index contributed by atoms with van der Waals surface area (Å²) in [5.41, 5.74) is 0.755. The van der Waals surface area contributed by atoms with E-state index < -0.39 is 10.1 Å². The summed E-state index contributed by atoms with van der Waals surface area (Å²) >= 11 is 0. The number of aromatic nitrogens is 1. The summed E-state index contributed by atoms with van der Waals surface area (Å²) in [7, 11) is -3.57. The van der Waals surface area contributed by atoms with Crippen molar-refractivity contribution in [3.63, 3.8) is 0 Å². The molecule has 0 aliphatic rings. The van der Waals surface area contributed by atoms with Crippen LogP contribution in [0.1, 0.15) is 0 Å². The Morgan fingerprint density at radius 3 is 2.56 bits per heavy atom. The Balaban J connectivity index is 2.27. The van der Waals surface area contributed by atoms with Gasteiger partial charge in [-0.25, -0.2) is 0 Å². The Morgan fingerprint density at radius 1 is 1.25 bits per heavy atom. The first kappa shape index (κ1) is 10.7. The molecule has 1 aromatic heterocycles. The van der Waals surface area contributed by atoms with Gasteiger partial charge in [-0.15, -0.1) is 0 Å². The monoisotopic (exact) mass is 239 g/mol. The summed E-state index contributed by atoms with van der Waals surface area (Å²) in [4.78, 5) is 3.90. The fourth-order valence-electron chi connectivity index (χ4n) is 1.17. The van der Waals surface area contributed by atoms with E-state index in [2.05, 4.69) is 9.17 Å². The molecule has 0 aliphatic heterocycles. The summed E-state index contributed by atoms with van der Waals surface area (Å²) in [6.07, 6.45) is 2.10. The van der Waals surface area contributed by atoms with Gasteiger partial charge in [-0.2, -0.15) is 13.4 Å². The van der Waals surface area contributed by atoms with Crippen molar-refractivity contribution in [2.45, 2.75) is 0 Å². The third-order valence-electron chi connectivity index (χ3n) is 1.74. The highest BCUT2D eigenvalue weighted by Crippen LogP contribution is 2.21. The van der Waals surface area contributed by atoms with Crippen LogP contribution in [0.5, 0.6) is 5.88 Å². The third kappa shape index (κ3) is 2.60. The molecule has 0 spiro atoms. The summed E-state index contributed by atoms with van der Waals surface area (Å²) in [6.45, 7) is 0. The van der Waals surface area contributed by atoms with Gasteiger partial charge in [0.05, 0.1) is 6.26 Å². The lowest BCUT2D eigenvalue weighted by molar-refractivity contribution is 0.478. The van der Waals surface area contributed by atoms with Crippen LogP contribution in [0, 0.1) is 0 Å². The summed E-state index contributed by atoms with van der Waals surface area (Å²) < 4.78 is 31.4. The van der Waals surface area contributed by atoms with E-state index in [0.29, 0.717) is 5.89 Å². The van der Waals surface area contributed by atoms with E-state index in [1.54, 1.807) is 12.1 Å². The van der Waals surface area contributed by atoms with Crippen LogP contribution in [0.15, 0.2) is 41.0 Å². The van der Waals surface area contributed by atoms with E-state index in [4.69, 9.17) is 4.42 Å². The zero-order chi connectivity index (χ0) is 11.6. The predicted molar refractivity (Wildman–Crippen MR) is 57.4 cm³/mol. The lowest BCUT2D eigenvalue weighted by atomic mass is 10.2. The van der Waals surface area contributed by atoms with Crippen molar-refractivity contribution >= 4 is 10.1 Å². The third-order valence-corrected chi connectivity index (χ3v) is 2.21. The normalized spacial score (nSPS) is 11.3. The van der Waals surface area contributed by atoms with Crippen molar-refractivity contribution < 1.29 is 17.0 Å². The molecule has 0 atom stereocenters. The molecule has 0 bridgehead atoms. The molecular formula is C10H9NO4S. The molecular weight excluding hydrogens is 230 g/mol. The average molecular weight is 239 g/mol. The van der Waals surface area contributed by atoms with Crippen LogP contribution in [0.3, 0.4) is 0 Å². The molecule has 2 rings (SSSR count). The van der Waals surface area contributed by atoms with E-state index in [1.807, 2.05) is 18.2 Å². The summed E-state index contributed by atoms with van der Waals surface area (Å²) in [5.74, 6) is 0.251. The maximum atomic E-state index is 10.8. The number of hydrogen-bond acceptors (Lipinski definition) is 5. The van der Waals surface area contributed by atoms with Gasteiger partial charge in [-0.1, -0.05) is 18.2 Å². The Kier molecular flexibility index (Phi) is 2.66. The first-order valence-electron chi connectivity index (χ1n) is 4.45. The highest BCUT2D eigenvalue weighted by atomic mass is 32.2. The zero-order valence-corrected chi connectivity index (χ0v) is 9.27. The van der Waals surface area contributed by atoms with Crippen molar-refractivity contribution in [2.24, 2.45) is 0 Å². The molecule has 0 unspecified atom stereocenters. The number of oxazole rings is 1. The molecule has 0 aliphatic carbocycles. The quantitative estimate of drug-likeness (QED) is 0.762. The molecule has 6 heteroatoms. The van der Waals surface area contributed by atoms with E-state index in [-0.39, 0.29) is 5.88 Å². The molecule has 0 saturated heterocycles. The Bertz CT molecular complexity index is 574. The number of benzene rings is 1. The number of rotatable bonds is 3. The van der Waals surface area contributed by atoms with E-state index >= 15 is 0 Å². The maximum Gasteiger partial charge on any atom is 0.307 e. The molecule has 0 radical (unpaired) electrons. The summed E-state index contributed by atoms with van der Waals surface area (Å²) in [5, 5.41) is 0. The maximum absolute atomic E-state index is 10.8. The van der Waals surface area contributed by atoms with Crippen LogP contribution >= 0.6 is 0 Å². The summed E-state index contributed by atoms with van der Waals surface area (Å²) in [6, 6.07) is 9.12. The average Bonchev–Trinajstić information content (AvgIpc) is 2.65. The molecule has 84 valence electrons. The molecule has 2 aromatic rings. The Morgan fingerprint density at radius 2 is 1.94 bits per heavy atom. The Labute approximate surface area is 92.8 Å². The van der Waals surface area contributed by atoms with Crippen LogP contribution < -0.4 is 4.18 Å². The van der Waals surface area contributed by atoms with Gasteiger partial charge in [0, 0.05) is 5.56 Å². The second-order valence-electron chi connectivity index (χ2n) is 3.14. The molecule has 0 fully saturated rings. The van der Waals surface area contributed by atoms with Crippen LogP contribution in [-0.2, 0) is 10.1 Å². The van der Waals surface area contributed by atoms with E-state index in [0.717, 1.165) is 18.1 Å². The largest absolute Gasteiger partial charge is 0.440 e. The smallest absolute Gasteiger partial charge is 0.307 e. The fraction of sp³-hybridized carbons (Fsp3) is 0.100. The van der Waals surface area contributed by atoms with Gasteiger partial charge in [0.25, 0.3) is 5.88 Å². The second kappa shape index (κ2) is 3.97. The minimum atomic E-state index is -3.57. The van der Waals surface area contributed by atoms with Gasteiger partial charge in [0.1, 0.15) is 0 Å². The first-order chi connectivity index (χ1) is 7.54. The highest BCUT2D eigenvalue weighted by molar-refractivity contribution is 7.86. The van der Waals surface area contributed by atoms with Crippen LogP contribution in [0.2, 0.25) is 0 Å². The Hall–Kier alpha value is -1.82. The molecule has 1 heterocycles. The first-order valence-corrected chi connectivity index (χ1v) is 6.27. The van der Waals surface area contributed by atoms with Crippen LogP contribution in [0.4, 0.5) is 0 Å². The zero-order valence-electron chi connectivity index (χ0n) is 8.45. The van der Waals surface area contributed by atoms with Crippen molar-refractivity contribution in [2.75, 3.05) is 6.26 Å². The standard InChI is InChI=1S/C10H9NO4S/c1-16(12,13)15-9-7-14-10(11-9)8-5-3-2-4-6-8/h2-7H,1H3. The van der Waals surface area contributed by atoms with E-state index in [1.165, 1.54) is 0 Å². The molecule has 0 saturated carbocycles. The van der Waals surface area contributed by atoms with Crippen LogP contribution in [-0.4, -0.2) is 19.7 Å². The minimum Gasteiger partial charge on any atom is -0.440 e. The van der Waals surface area contributed by atoms with Crippen LogP contribution in [0.25, 0.3) is 11.5 Å². The van der Waals surface area contributed by atoms with Gasteiger partial charge in [0.15, 0.2) is 6.26 Å². The lowest BCUT2D eigenvalue weighted by Crippen LogP contribution is -2.05. The van der Waals surface area contributed by atoms with Gasteiger partial charge in [-0.3, -0.25) is 0 Å². The van der Waals surface area contributed by atoms with Crippen molar-refractivity contribution in [3.05, 3.63) is 36.6 Å². The molecule has 0 N–H and O–H groups in total. The minimum absolute atomic E-state index is 0.0682.